The largest absolute Gasteiger partial charge is 0.376 e. The van der Waals surface area contributed by atoms with E-state index in [1.165, 1.54) is 9.47 Å². The Morgan fingerprint density at radius 2 is 2.00 bits per heavy atom. The zero-order valence-corrected chi connectivity index (χ0v) is 9.68. The van der Waals surface area contributed by atoms with E-state index in [0.29, 0.717) is 0 Å². The maximum absolute atomic E-state index is 3.46. The first kappa shape index (κ1) is 8.56. The molecule has 0 saturated carbocycles. The van der Waals surface area contributed by atoms with Gasteiger partial charge in [0.05, 0.1) is 13.3 Å². The van der Waals surface area contributed by atoms with Crippen LogP contribution < -0.4 is 4.90 Å². The first-order valence-corrected chi connectivity index (χ1v) is 5.13. The Morgan fingerprint density at radius 1 is 1.40 bits per heavy atom. The van der Waals surface area contributed by atoms with Gasteiger partial charge in [0, 0.05) is 14.1 Å². The molecule has 0 fully saturated rings. The third kappa shape index (κ3) is 1.74. The highest BCUT2D eigenvalue weighted by Crippen LogP contribution is 2.36. The van der Waals surface area contributed by atoms with Crippen molar-refractivity contribution in [1.29, 1.82) is 0 Å². The Labute approximate surface area is 81.3 Å². The molecule has 0 unspecified atom stereocenters. The Kier molecular flexibility index (Phi) is 2.77. The van der Waals surface area contributed by atoms with Gasteiger partial charge in [-0.05, 0) is 37.9 Å². The van der Waals surface area contributed by atoms with Crippen molar-refractivity contribution in [1.82, 2.24) is 0 Å². The van der Waals surface area contributed by atoms with Gasteiger partial charge in [-0.3, -0.25) is 0 Å². The van der Waals surface area contributed by atoms with Gasteiger partial charge < -0.3 is 4.90 Å². The molecule has 1 heterocycles. The van der Waals surface area contributed by atoms with Crippen LogP contribution in [0.2, 0.25) is 0 Å². The van der Waals surface area contributed by atoms with Crippen molar-refractivity contribution in [3.05, 3.63) is 13.6 Å². The Morgan fingerprint density at radius 3 is 2.20 bits per heavy atom. The molecule has 0 spiro atoms. The minimum absolute atomic E-state index is 1.16. The van der Waals surface area contributed by atoms with Gasteiger partial charge in [-0.15, -0.1) is 11.3 Å². The van der Waals surface area contributed by atoms with Crippen molar-refractivity contribution < 1.29 is 0 Å². The summed E-state index contributed by atoms with van der Waals surface area (Å²) in [6, 6.07) is 2.09. The predicted octanol–water partition coefficient (Wildman–Crippen LogP) is 3.34. The highest BCUT2D eigenvalue weighted by atomic mass is 79.9. The van der Waals surface area contributed by atoms with Crippen molar-refractivity contribution in [3.8, 4) is 0 Å². The van der Waals surface area contributed by atoms with E-state index in [0.717, 1.165) is 3.79 Å². The Balaban J connectivity index is 3.03. The second kappa shape index (κ2) is 3.24. The minimum atomic E-state index is 1.16. The monoisotopic (exact) mass is 283 g/mol. The van der Waals surface area contributed by atoms with Crippen LogP contribution in [-0.2, 0) is 0 Å². The number of anilines is 1. The van der Waals surface area contributed by atoms with Gasteiger partial charge in [0.2, 0.25) is 0 Å². The van der Waals surface area contributed by atoms with Crippen molar-refractivity contribution in [3.63, 3.8) is 0 Å². The standard InChI is InChI=1S/C6H7Br2NS/c1-9(2)4-3-5(7)10-6(4)8/h3H,1-2H3. The molecule has 0 saturated heterocycles. The lowest BCUT2D eigenvalue weighted by atomic mass is 10.5. The van der Waals surface area contributed by atoms with Gasteiger partial charge in [0.25, 0.3) is 0 Å². The predicted molar refractivity (Wildman–Crippen MR) is 54.0 cm³/mol. The average molecular weight is 285 g/mol. The summed E-state index contributed by atoms with van der Waals surface area (Å²) in [5, 5.41) is 0. The van der Waals surface area contributed by atoms with E-state index in [-0.39, 0.29) is 0 Å². The van der Waals surface area contributed by atoms with Crippen LogP contribution in [0.1, 0.15) is 0 Å². The average Bonchev–Trinajstić information content (AvgIpc) is 2.10. The number of rotatable bonds is 1. The second-order valence-corrected chi connectivity index (χ2v) is 5.85. The molecule has 0 aliphatic heterocycles. The van der Waals surface area contributed by atoms with Crippen LogP contribution >= 0.6 is 43.2 Å². The third-order valence-electron chi connectivity index (χ3n) is 1.12. The maximum Gasteiger partial charge on any atom is 0.0943 e. The summed E-state index contributed by atoms with van der Waals surface area (Å²) in [5.74, 6) is 0. The first-order chi connectivity index (χ1) is 4.61. The smallest absolute Gasteiger partial charge is 0.0943 e. The lowest BCUT2D eigenvalue weighted by Crippen LogP contribution is -2.07. The molecule has 10 heavy (non-hydrogen) atoms. The Hall–Kier alpha value is 0.460. The summed E-state index contributed by atoms with van der Waals surface area (Å²) in [4.78, 5) is 2.07. The zero-order chi connectivity index (χ0) is 7.72. The van der Waals surface area contributed by atoms with Crippen LogP contribution in [0.4, 0.5) is 5.69 Å². The molecule has 1 nitrogen and oxygen atoms in total. The highest BCUT2D eigenvalue weighted by Gasteiger charge is 2.05. The number of hydrogen-bond acceptors (Lipinski definition) is 2. The lowest BCUT2D eigenvalue weighted by molar-refractivity contribution is 1.13. The third-order valence-corrected chi connectivity index (χ3v) is 3.43. The number of halogens is 2. The molecule has 0 N–H and O–H groups in total. The number of hydrogen-bond donors (Lipinski definition) is 0. The van der Waals surface area contributed by atoms with E-state index in [2.05, 4.69) is 42.8 Å². The normalized spacial score (nSPS) is 10.0. The molecule has 56 valence electrons. The van der Waals surface area contributed by atoms with E-state index >= 15 is 0 Å². The van der Waals surface area contributed by atoms with Gasteiger partial charge in [-0.1, -0.05) is 0 Å². The van der Waals surface area contributed by atoms with Gasteiger partial charge in [-0.25, -0.2) is 0 Å². The molecular formula is C6H7Br2NS. The molecule has 0 aromatic carbocycles. The molecule has 0 bridgehead atoms. The summed E-state index contributed by atoms with van der Waals surface area (Å²) < 4.78 is 2.33. The van der Waals surface area contributed by atoms with E-state index < -0.39 is 0 Å². The van der Waals surface area contributed by atoms with Crippen LogP contribution in [0, 0.1) is 0 Å². The summed E-state index contributed by atoms with van der Waals surface area (Å²) >= 11 is 8.57. The van der Waals surface area contributed by atoms with Gasteiger partial charge in [-0.2, -0.15) is 0 Å². The molecule has 0 aliphatic rings. The molecule has 1 rings (SSSR count). The lowest BCUT2D eigenvalue weighted by Gasteiger charge is -2.09. The second-order valence-electron chi connectivity index (χ2n) is 2.10. The maximum atomic E-state index is 3.46. The van der Waals surface area contributed by atoms with Crippen LogP contribution in [0.15, 0.2) is 13.6 Å². The van der Waals surface area contributed by atoms with Crippen LogP contribution in [0.3, 0.4) is 0 Å². The van der Waals surface area contributed by atoms with E-state index in [4.69, 9.17) is 0 Å². The fraction of sp³-hybridized carbons (Fsp3) is 0.333. The fourth-order valence-electron chi connectivity index (χ4n) is 0.636. The van der Waals surface area contributed by atoms with Crippen LogP contribution in [0.25, 0.3) is 0 Å². The van der Waals surface area contributed by atoms with Gasteiger partial charge >= 0.3 is 0 Å². The van der Waals surface area contributed by atoms with Gasteiger partial charge in [0.1, 0.15) is 0 Å². The van der Waals surface area contributed by atoms with Crippen molar-refractivity contribution in [2.24, 2.45) is 0 Å². The van der Waals surface area contributed by atoms with Crippen molar-refractivity contribution >= 4 is 48.9 Å². The Bertz CT molecular complexity index is 232. The molecule has 0 amide bonds. The molecule has 0 radical (unpaired) electrons. The van der Waals surface area contributed by atoms with E-state index in [1.54, 1.807) is 11.3 Å². The fourth-order valence-corrected chi connectivity index (χ4v) is 3.67. The first-order valence-electron chi connectivity index (χ1n) is 2.73. The molecular weight excluding hydrogens is 278 g/mol. The molecule has 0 atom stereocenters. The quantitative estimate of drug-likeness (QED) is 0.765. The van der Waals surface area contributed by atoms with Crippen LogP contribution in [-0.4, -0.2) is 14.1 Å². The topological polar surface area (TPSA) is 3.24 Å². The van der Waals surface area contributed by atoms with Crippen molar-refractivity contribution in [2.75, 3.05) is 19.0 Å². The molecule has 4 heteroatoms. The SMILES string of the molecule is CN(C)c1cc(Br)sc1Br. The van der Waals surface area contributed by atoms with Crippen molar-refractivity contribution in [2.45, 2.75) is 0 Å². The summed E-state index contributed by atoms with van der Waals surface area (Å²) in [6.45, 7) is 0. The van der Waals surface area contributed by atoms with Gasteiger partial charge in [0.15, 0.2) is 0 Å². The number of thiophene rings is 1. The van der Waals surface area contributed by atoms with E-state index in [9.17, 15) is 0 Å². The molecule has 0 aliphatic carbocycles. The minimum Gasteiger partial charge on any atom is -0.376 e. The molecule has 1 aromatic rings. The van der Waals surface area contributed by atoms with E-state index in [1.807, 2.05) is 14.1 Å². The highest BCUT2D eigenvalue weighted by molar-refractivity contribution is 9.12. The summed E-state index contributed by atoms with van der Waals surface area (Å²) in [5.41, 5.74) is 1.22. The number of nitrogens with zero attached hydrogens (tertiary/aromatic N) is 1. The molecule has 1 aromatic heterocycles. The summed E-state index contributed by atoms with van der Waals surface area (Å²) in [6.07, 6.45) is 0. The zero-order valence-electron chi connectivity index (χ0n) is 5.69. The summed E-state index contributed by atoms with van der Waals surface area (Å²) in [7, 11) is 4.05. The van der Waals surface area contributed by atoms with Crippen LogP contribution in [0.5, 0.6) is 0 Å².